The summed E-state index contributed by atoms with van der Waals surface area (Å²) in [5.74, 6) is -0.751. The van der Waals surface area contributed by atoms with Crippen LogP contribution in [0.5, 0.6) is 0 Å². The molecule has 0 aliphatic heterocycles. The molecule has 0 bridgehead atoms. The van der Waals surface area contributed by atoms with Gasteiger partial charge >= 0.3 is 0 Å². The van der Waals surface area contributed by atoms with E-state index < -0.39 is 5.82 Å². The maximum atomic E-state index is 13.0. The van der Waals surface area contributed by atoms with Crippen LogP contribution in [0.3, 0.4) is 0 Å². The number of hydrogen-bond acceptors (Lipinski definition) is 3. The first kappa shape index (κ1) is 19.3. The van der Waals surface area contributed by atoms with Gasteiger partial charge in [0.15, 0.2) is 0 Å². The third-order valence-corrected chi connectivity index (χ3v) is 1.89. The molecule has 0 radical (unpaired) electrons. The molecule has 18 heavy (non-hydrogen) atoms. The van der Waals surface area contributed by atoms with Crippen LogP contribution >= 0.6 is 24.8 Å². The SMILES string of the molecule is CC(C)Nc1ccc(F)cc1NC(=O)CN.Cl.Cl. The zero-order valence-electron chi connectivity index (χ0n) is 10.2. The topological polar surface area (TPSA) is 67.1 Å². The van der Waals surface area contributed by atoms with Gasteiger partial charge in [0.1, 0.15) is 5.82 Å². The van der Waals surface area contributed by atoms with E-state index in [0.717, 1.165) is 0 Å². The molecule has 0 saturated heterocycles. The Kier molecular flexibility index (Phi) is 9.61. The number of amides is 1. The van der Waals surface area contributed by atoms with Gasteiger partial charge in [-0.3, -0.25) is 4.79 Å². The summed E-state index contributed by atoms with van der Waals surface area (Å²) in [6.45, 7) is 3.79. The zero-order valence-corrected chi connectivity index (χ0v) is 11.8. The van der Waals surface area contributed by atoms with Crippen molar-refractivity contribution in [1.82, 2.24) is 0 Å². The normalized spacial score (nSPS) is 9.17. The Hall–Kier alpha value is -1.04. The van der Waals surface area contributed by atoms with Crippen LogP contribution in [0, 0.1) is 5.82 Å². The summed E-state index contributed by atoms with van der Waals surface area (Å²) in [4.78, 5) is 11.1. The van der Waals surface area contributed by atoms with Gasteiger partial charge in [-0.15, -0.1) is 24.8 Å². The van der Waals surface area contributed by atoms with E-state index in [9.17, 15) is 9.18 Å². The van der Waals surface area contributed by atoms with Gasteiger partial charge in [0.25, 0.3) is 0 Å². The van der Waals surface area contributed by atoms with Crippen LogP contribution in [0.2, 0.25) is 0 Å². The van der Waals surface area contributed by atoms with Gasteiger partial charge in [-0.25, -0.2) is 4.39 Å². The van der Waals surface area contributed by atoms with Crippen LogP contribution in [0.15, 0.2) is 18.2 Å². The lowest BCUT2D eigenvalue weighted by molar-refractivity contribution is -0.114. The van der Waals surface area contributed by atoms with Crippen molar-refractivity contribution in [3.63, 3.8) is 0 Å². The van der Waals surface area contributed by atoms with Gasteiger partial charge < -0.3 is 16.4 Å². The summed E-state index contributed by atoms with van der Waals surface area (Å²) >= 11 is 0. The third kappa shape index (κ3) is 6.05. The lowest BCUT2D eigenvalue weighted by Gasteiger charge is -2.15. The fraction of sp³-hybridized carbons (Fsp3) is 0.364. The van der Waals surface area contributed by atoms with Crippen LogP contribution in [-0.2, 0) is 4.79 Å². The molecule has 0 unspecified atom stereocenters. The van der Waals surface area contributed by atoms with E-state index in [1.807, 2.05) is 13.8 Å². The zero-order chi connectivity index (χ0) is 12.1. The second-order valence-electron chi connectivity index (χ2n) is 3.74. The van der Waals surface area contributed by atoms with Crippen LogP contribution in [0.4, 0.5) is 15.8 Å². The molecule has 0 aromatic heterocycles. The molecule has 0 atom stereocenters. The first-order valence-electron chi connectivity index (χ1n) is 5.09. The van der Waals surface area contributed by atoms with E-state index in [1.165, 1.54) is 12.1 Å². The van der Waals surface area contributed by atoms with Gasteiger partial charge in [-0.1, -0.05) is 0 Å². The number of nitrogens with two attached hydrogens (primary N) is 1. The largest absolute Gasteiger partial charge is 0.381 e. The predicted molar refractivity (Wildman–Crippen MR) is 77.3 cm³/mol. The quantitative estimate of drug-likeness (QED) is 0.799. The first-order chi connectivity index (χ1) is 7.52. The van der Waals surface area contributed by atoms with Crippen LogP contribution in [0.1, 0.15) is 13.8 Å². The second-order valence-corrected chi connectivity index (χ2v) is 3.74. The minimum Gasteiger partial charge on any atom is -0.381 e. The molecule has 1 amide bonds. The standard InChI is InChI=1S/C11H16FN3O.2ClH/c1-7(2)14-9-4-3-8(12)5-10(9)15-11(16)6-13;;/h3-5,7,14H,6,13H2,1-2H3,(H,15,16);2*1H. The molecule has 1 aromatic carbocycles. The average molecular weight is 298 g/mol. The lowest BCUT2D eigenvalue weighted by atomic mass is 10.2. The Morgan fingerprint density at radius 2 is 1.94 bits per heavy atom. The molecule has 1 aromatic rings. The predicted octanol–water partition coefficient (Wildman–Crippen LogP) is 2.39. The number of hydrogen-bond donors (Lipinski definition) is 3. The molecule has 104 valence electrons. The maximum absolute atomic E-state index is 13.0. The van der Waals surface area contributed by atoms with Crippen molar-refractivity contribution >= 4 is 42.1 Å². The first-order valence-corrected chi connectivity index (χ1v) is 5.09. The van der Waals surface area contributed by atoms with Gasteiger partial charge in [-0.05, 0) is 32.0 Å². The van der Waals surface area contributed by atoms with Gasteiger partial charge in [-0.2, -0.15) is 0 Å². The number of anilines is 2. The average Bonchev–Trinajstić information content (AvgIpc) is 2.21. The molecule has 0 fully saturated rings. The van der Waals surface area contributed by atoms with Crippen molar-refractivity contribution in [2.45, 2.75) is 19.9 Å². The van der Waals surface area contributed by atoms with Crippen molar-refractivity contribution in [1.29, 1.82) is 0 Å². The van der Waals surface area contributed by atoms with Crippen molar-refractivity contribution in [3.05, 3.63) is 24.0 Å². The smallest absolute Gasteiger partial charge is 0.238 e. The lowest BCUT2D eigenvalue weighted by Crippen LogP contribution is -2.23. The number of halogens is 3. The minimum atomic E-state index is -0.401. The van der Waals surface area contributed by atoms with Gasteiger partial charge in [0, 0.05) is 6.04 Å². The molecule has 0 spiro atoms. The molecule has 0 aliphatic rings. The highest BCUT2D eigenvalue weighted by Gasteiger charge is 2.07. The Bertz CT molecular complexity index is 389. The van der Waals surface area contributed by atoms with Crippen molar-refractivity contribution in [3.8, 4) is 0 Å². The number of nitrogens with one attached hydrogen (secondary N) is 2. The van der Waals surface area contributed by atoms with E-state index in [1.54, 1.807) is 6.07 Å². The van der Waals surface area contributed by atoms with E-state index in [0.29, 0.717) is 11.4 Å². The number of carbonyl (C=O) groups is 1. The fourth-order valence-electron chi connectivity index (χ4n) is 1.26. The van der Waals surface area contributed by atoms with Crippen LogP contribution < -0.4 is 16.4 Å². The molecule has 0 aliphatic carbocycles. The van der Waals surface area contributed by atoms with E-state index in [4.69, 9.17) is 5.73 Å². The fourth-order valence-corrected chi connectivity index (χ4v) is 1.26. The highest BCUT2D eigenvalue weighted by molar-refractivity contribution is 5.95. The number of benzene rings is 1. The summed E-state index contributed by atoms with van der Waals surface area (Å²) < 4.78 is 13.0. The maximum Gasteiger partial charge on any atom is 0.238 e. The Labute approximate surface area is 118 Å². The monoisotopic (exact) mass is 297 g/mol. The summed E-state index contributed by atoms with van der Waals surface area (Å²) in [6.07, 6.45) is 0. The Morgan fingerprint density at radius 1 is 1.33 bits per heavy atom. The summed E-state index contributed by atoms with van der Waals surface area (Å²) in [5, 5.41) is 5.65. The third-order valence-electron chi connectivity index (χ3n) is 1.89. The van der Waals surface area contributed by atoms with Crippen molar-refractivity contribution < 1.29 is 9.18 Å². The summed E-state index contributed by atoms with van der Waals surface area (Å²) in [6, 6.07) is 4.38. The van der Waals surface area contributed by atoms with Crippen molar-refractivity contribution in [2.24, 2.45) is 5.73 Å². The molecule has 4 N–H and O–H groups in total. The molecular formula is C11H18Cl2FN3O. The highest BCUT2D eigenvalue weighted by atomic mass is 35.5. The molecule has 0 heterocycles. The molecule has 1 rings (SSSR count). The van der Waals surface area contributed by atoms with Crippen molar-refractivity contribution in [2.75, 3.05) is 17.2 Å². The summed E-state index contributed by atoms with van der Waals surface area (Å²) in [5.41, 5.74) is 6.27. The van der Waals surface area contributed by atoms with Gasteiger partial charge in [0.05, 0.1) is 17.9 Å². The Balaban J connectivity index is 0. The molecule has 7 heteroatoms. The Morgan fingerprint density at radius 3 is 2.44 bits per heavy atom. The van der Waals surface area contributed by atoms with Crippen LogP contribution in [0.25, 0.3) is 0 Å². The number of rotatable bonds is 4. The van der Waals surface area contributed by atoms with E-state index in [2.05, 4.69) is 10.6 Å². The minimum absolute atomic E-state index is 0. The molecule has 4 nitrogen and oxygen atoms in total. The summed E-state index contributed by atoms with van der Waals surface area (Å²) in [7, 11) is 0. The number of carbonyl (C=O) groups excluding carboxylic acids is 1. The van der Waals surface area contributed by atoms with Crippen LogP contribution in [-0.4, -0.2) is 18.5 Å². The van der Waals surface area contributed by atoms with E-state index in [-0.39, 0.29) is 43.3 Å². The van der Waals surface area contributed by atoms with E-state index >= 15 is 0 Å². The highest BCUT2D eigenvalue weighted by Crippen LogP contribution is 2.23. The van der Waals surface area contributed by atoms with Gasteiger partial charge in [0.2, 0.25) is 5.91 Å². The molecule has 0 saturated carbocycles. The molecular weight excluding hydrogens is 280 g/mol. The second kappa shape index (κ2) is 8.97.